The van der Waals surface area contributed by atoms with Gasteiger partial charge in [0.25, 0.3) is 0 Å². The third-order valence-electron chi connectivity index (χ3n) is 2.62. The van der Waals surface area contributed by atoms with E-state index in [1.807, 2.05) is 30.5 Å². The van der Waals surface area contributed by atoms with Crippen molar-refractivity contribution in [3.63, 3.8) is 0 Å². The van der Waals surface area contributed by atoms with E-state index in [1.165, 1.54) is 12.1 Å². The summed E-state index contributed by atoms with van der Waals surface area (Å²) in [6.07, 6.45) is 4.18. The minimum atomic E-state index is 0.876. The van der Waals surface area contributed by atoms with Gasteiger partial charge in [-0.2, -0.15) is 10.2 Å². The maximum absolute atomic E-state index is 4.15. The molecule has 0 N–H and O–H groups in total. The Hall–Kier alpha value is -1.16. The summed E-state index contributed by atoms with van der Waals surface area (Å²) in [4.78, 5) is 2.22. The standard InChI is InChI=1S/C12H14BrN3/c1-16-8-2-3-12(16)9-14-15-11-6-4-10(13)5-7-11/h4-7,9H,2-3,8H2,1H3/b12-9+,15-14?. The van der Waals surface area contributed by atoms with Gasteiger partial charge >= 0.3 is 0 Å². The molecule has 0 aliphatic carbocycles. The Morgan fingerprint density at radius 1 is 1.31 bits per heavy atom. The van der Waals surface area contributed by atoms with E-state index in [0.29, 0.717) is 0 Å². The van der Waals surface area contributed by atoms with Gasteiger partial charge in [-0.1, -0.05) is 15.9 Å². The molecule has 16 heavy (non-hydrogen) atoms. The van der Waals surface area contributed by atoms with Gasteiger partial charge in [-0.3, -0.25) is 0 Å². The molecule has 2 rings (SSSR count). The molecule has 1 aliphatic heterocycles. The van der Waals surface area contributed by atoms with E-state index in [4.69, 9.17) is 0 Å². The summed E-state index contributed by atoms with van der Waals surface area (Å²) in [7, 11) is 2.09. The highest BCUT2D eigenvalue weighted by Crippen LogP contribution is 2.20. The van der Waals surface area contributed by atoms with Crippen molar-refractivity contribution in [2.45, 2.75) is 12.8 Å². The number of benzene rings is 1. The molecule has 1 aromatic carbocycles. The number of allylic oxidation sites excluding steroid dienone is 1. The zero-order valence-corrected chi connectivity index (χ0v) is 10.8. The predicted octanol–water partition coefficient (Wildman–Crippen LogP) is 4.10. The lowest BCUT2D eigenvalue weighted by molar-refractivity contribution is 0.479. The van der Waals surface area contributed by atoms with Gasteiger partial charge in [-0.25, -0.2) is 0 Å². The summed E-state index contributed by atoms with van der Waals surface area (Å²) in [5.41, 5.74) is 2.14. The molecule has 0 saturated carbocycles. The van der Waals surface area contributed by atoms with Crippen molar-refractivity contribution in [2.75, 3.05) is 13.6 Å². The van der Waals surface area contributed by atoms with Gasteiger partial charge in [0, 0.05) is 23.8 Å². The van der Waals surface area contributed by atoms with Crippen molar-refractivity contribution in [3.05, 3.63) is 40.6 Å². The molecule has 0 aromatic heterocycles. The fraction of sp³-hybridized carbons (Fsp3) is 0.333. The molecule has 0 spiro atoms. The van der Waals surface area contributed by atoms with Crippen LogP contribution in [-0.2, 0) is 0 Å². The minimum absolute atomic E-state index is 0.876. The monoisotopic (exact) mass is 279 g/mol. The topological polar surface area (TPSA) is 28.0 Å². The highest BCUT2D eigenvalue weighted by Gasteiger charge is 2.11. The van der Waals surface area contributed by atoms with Gasteiger partial charge in [0.05, 0.1) is 11.9 Å². The van der Waals surface area contributed by atoms with Crippen LogP contribution in [0.4, 0.5) is 5.69 Å². The number of rotatable bonds is 2. The summed E-state index contributed by atoms with van der Waals surface area (Å²) in [6.45, 7) is 1.12. The molecule has 1 aromatic rings. The Morgan fingerprint density at radius 2 is 2.06 bits per heavy atom. The lowest BCUT2D eigenvalue weighted by Crippen LogP contribution is -2.09. The van der Waals surface area contributed by atoms with E-state index in [2.05, 4.69) is 38.1 Å². The van der Waals surface area contributed by atoms with Crippen molar-refractivity contribution < 1.29 is 0 Å². The van der Waals surface area contributed by atoms with Crippen LogP contribution < -0.4 is 0 Å². The third-order valence-corrected chi connectivity index (χ3v) is 3.15. The maximum Gasteiger partial charge on any atom is 0.0857 e. The molecule has 3 nitrogen and oxygen atoms in total. The molecular formula is C12H14BrN3. The molecule has 0 unspecified atom stereocenters. The van der Waals surface area contributed by atoms with Crippen molar-refractivity contribution >= 4 is 21.6 Å². The van der Waals surface area contributed by atoms with Crippen molar-refractivity contribution in [1.29, 1.82) is 0 Å². The van der Waals surface area contributed by atoms with Crippen LogP contribution in [-0.4, -0.2) is 18.5 Å². The van der Waals surface area contributed by atoms with E-state index in [1.54, 1.807) is 0 Å². The Morgan fingerprint density at radius 3 is 2.69 bits per heavy atom. The highest BCUT2D eigenvalue weighted by molar-refractivity contribution is 9.10. The molecule has 1 fully saturated rings. The van der Waals surface area contributed by atoms with Crippen LogP contribution in [0.5, 0.6) is 0 Å². The summed E-state index contributed by atoms with van der Waals surface area (Å²) in [6, 6.07) is 7.79. The van der Waals surface area contributed by atoms with Gasteiger partial charge in [0.15, 0.2) is 0 Å². The summed E-state index contributed by atoms with van der Waals surface area (Å²) in [5.74, 6) is 0. The predicted molar refractivity (Wildman–Crippen MR) is 68.6 cm³/mol. The van der Waals surface area contributed by atoms with Gasteiger partial charge in [0.1, 0.15) is 0 Å². The van der Waals surface area contributed by atoms with Crippen molar-refractivity contribution in [1.82, 2.24) is 4.90 Å². The molecule has 1 heterocycles. The Kier molecular flexibility index (Phi) is 3.72. The lowest BCUT2D eigenvalue weighted by atomic mass is 10.3. The molecular weight excluding hydrogens is 266 g/mol. The van der Waals surface area contributed by atoms with Crippen molar-refractivity contribution in [2.24, 2.45) is 10.2 Å². The van der Waals surface area contributed by atoms with E-state index in [0.717, 1.165) is 23.1 Å². The van der Waals surface area contributed by atoms with Gasteiger partial charge in [-0.15, -0.1) is 0 Å². The zero-order chi connectivity index (χ0) is 11.4. The quantitative estimate of drug-likeness (QED) is 0.749. The SMILES string of the molecule is CN1CCC/C1=C\N=Nc1ccc(Br)cc1. The first-order chi connectivity index (χ1) is 7.75. The largest absolute Gasteiger partial charge is 0.377 e. The summed E-state index contributed by atoms with van der Waals surface area (Å²) >= 11 is 3.38. The van der Waals surface area contributed by atoms with Crippen molar-refractivity contribution in [3.8, 4) is 0 Å². The molecule has 1 aliphatic rings. The average molecular weight is 280 g/mol. The van der Waals surface area contributed by atoms with Crippen LogP contribution in [0.3, 0.4) is 0 Å². The van der Waals surface area contributed by atoms with E-state index >= 15 is 0 Å². The second kappa shape index (κ2) is 5.25. The number of likely N-dealkylation sites (tertiary alicyclic amines) is 1. The molecule has 0 bridgehead atoms. The number of nitrogens with zero attached hydrogens (tertiary/aromatic N) is 3. The van der Waals surface area contributed by atoms with Crippen LogP contribution >= 0.6 is 15.9 Å². The molecule has 4 heteroatoms. The smallest absolute Gasteiger partial charge is 0.0857 e. The maximum atomic E-state index is 4.15. The highest BCUT2D eigenvalue weighted by atomic mass is 79.9. The molecule has 0 radical (unpaired) electrons. The molecule has 0 atom stereocenters. The molecule has 1 saturated heterocycles. The number of azo groups is 1. The Bertz CT molecular complexity index is 409. The number of hydrogen-bond donors (Lipinski definition) is 0. The van der Waals surface area contributed by atoms with E-state index in [-0.39, 0.29) is 0 Å². The average Bonchev–Trinajstić information content (AvgIpc) is 2.68. The first-order valence-corrected chi connectivity index (χ1v) is 6.11. The van der Waals surface area contributed by atoms with Crippen LogP contribution in [0.25, 0.3) is 0 Å². The second-order valence-corrected chi connectivity index (χ2v) is 4.75. The fourth-order valence-electron chi connectivity index (χ4n) is 1.66. The second-order valence-electron chi connectivity index (χ2n) is 3.84. The lowest BCUT2D eigenvalue weighted by Gasteiger charge is -2.10. The van der Waals surface area contributed by atoms with E-state index in [9.17, 15) is 0 Å². The Labute approximate surface area is 104 Å². The normalized spacial score (nSPS) is 18.9. The summed E-state index contributed by atoms with van der Waals surface area (Å²) in [5, 5.41) is 8.26. The van der Waals surface area contributed by atoms with Crippen LogP contribution in [0.2, 0.25) is 0 Å². The van der Waals surface area contributed by atoms with E-state index < -0.39 is 0 Å². The fourth-order valence-corrected chi connectivity index (χ4v) is 1.93. The first kappa shape index (κ1) is 11.3. The van der Waals surface area contributed by atoms with Crippen LogP contribution in [0, 0.1) is 0 Å². The van der Waals surface area contributed by atoms with Crippen LogP contribution in [0.1, 0.15) is 12.8 Å². The van der Waals surface area contributed by atoms with Gasteiger partial charge < -0.3 is 4.90 Å². The van der Waals surface area contributed by atoms with Gasteiger partial charge in [-0.05, 0) is 37.1 Å². The zero-order valence-electron chi connectivity index (χ0n) is 9.23. The Balaban J connectivity index is 2.01. The van der Waals surface area contributed by atoms with Gasteiger partial charge in [0.2, 0.25) is 0 Å². The third kappa shape index (κ3) is 2.92. The minimum Gasteiger partial charge on any atom is -0.377 e. The molecule has 0 amide bonds. The summed E-state index contributed by atoms with van der Waals surface area (Å²) < 4.78 is 1.06. The molecule has 84 valence electrons. The first-order valence-electron chi connectivity index (χ1n) is 5.32. The number of halogens is 1. The van der Waals surface area contributed by atoms with Crippen LogP contribution in [0.15, 0.2) is 50.9 Å². The number of hydrogen-bond acceptors (Lipinski definition) is 3.